The van der Waals surface area contributed by atoms with Crippen molar-refractivity contribution in [3.05, 3.63) is 0 Å². The Morgan fingerprint density at radius 3 is 2.58 bits per heavy atom. The highest BCUT2D eigenvalue weighted by molar-refractivity contribution is 7.94. The van der Waals surface area contributed by atoms with E-state index in [0.29, 0.717) is 6.42 Å². The van der Waals surface area contributed by atoms with Gasteiger partial charge in [0.2, 0.25) is 0 Å². The molecule has 0 aromatic carbocycles. The minimum absolute atomic E-state index is 0.110. The summed E-state index contributed by atoms with van der Waals surface area (Å²) in [4.78, 5) is 12.9. The number of nitrogens with zero attached hydrogens (tertiary/aromatic N) is 1. The molecule has 0 saturated heterocycles. The van der Waals surface area contributed by atoms with E-state index in [1.807, 2.05) is 14.1 Å². The minimum atomic E-state index is -0.110. The lowest BCUT2D eigenvalue weighted by atomic mass is 10.2. The zero-order chi connectivity index (χ0) is 9.40. The second-order valence-corrected chi connectivity index (χ2v) is 3.38. The first-order valence-corrected chi connectivity index (χ1v) is 5.20. The Labute approximate surface area is 78.7 Å². The quantitative estimate of drug-likeness (QED) is 0.470. The second-order valence-electron chi connectivity index (χ2n) is 2.88. The first-order valence-electron chi connectivity index (χ1n) is 4.05. The van der Waals surface area contributed by atoms with Gasteiger partial charge in [0.1, 0.15) is 0 Å². The molecule has 0 N–H and O–H groups in total. The van der Waals surface area contributed by atoms with Crippen molar-refractivity contribution < 1.29 is 8.98 Å². The third-order valence-corrected chi connectivity index (χ3v) is 1.77. The molecular weight excluding hydrogens is 174 g/mol. The lowest BCUT2D eigenvalue weighted by Crippen LogP contribution is -2.13. The summed E-state index contributed by atoms with van der Waals surface area (Å²) in [5.41, 5.74) is 0. The van der Waals surface area contributed by atoms with Gasteiger partial charge >= 0.3 is 5.97 Å². The highest BCUT2D eigenvalue weighted by Gasteiger charge is 2.01. The van der Waals surface area contributed by atoms with Crippen molar-refractivity contribution in [1.29, 1.82) is 0 Å². The highest BCUT2D eigenvalue weighted by Crippen LogP contribution is 2.03. The highest BCUT2D eigenvalue weighted by atomic mass is 32.2. The van der Waals surface area contributed by atoms with E-state index in [9.17, 15) is 4.79 Å². The molecule has 0 heterocycles. The van der Waals surface area contributed by atoms with Crippen LogP contribution in [0.2, 0.25) is 0 Å². The molecule has 0 aromatic heterocycles. The molecule has 0 aromatic rings. The summed E-state index contributed by atoms with van der Waals surface area (Å²) < 4.78 is 4.71. The molecule has 0 fully saturated rings. The van der Waals surface area contributed by atoms with Crippen molar-refractivity contribution in [2.24, 2.45) is 0 Å². The molecule has 72 valence electrons. The number of rotatable bonds is 6. The zero-order valence-corrected chi connectivity index (χ0v) is 8.82. The molecule has 3 nitrogen and oxygen atoms in total. The summed E-state index contributed by atoms with van der Waals surface area (Å²) in [5.74, 6) is -0.110. The van der Waals surface area contributed by atoms with Crippen LogP contribution in [0.5, 0.6) is 0 Å². The number of hydrogen-bond acceptors (Lipinski definition) is 4. The molecule has 0 aliphatic rings. The van der Waals surface area contributed by atoms with Crippen molar-refractivity contribution in [3.8, 4) is 0 Å². The standard InChI is InChI=1S/C8H17NO2S/c1-9(2)7-5-4-6-8(10)11-12-3/h4-7H2,1-3H3. The van der Waals surface area contributed by atoms with Crippen LogP contribution >= 0.6 is 12.0 Å². The van der Waals surface area contributed by atoms with Gasteiger partial charge in [-0.2, -0.15) is 0 Å². The smallest absolute Gasteiger partial charge is 0.317 e. The van der Waals surface area contributed by atoms with Crippen LogP contribution in [0.1, 0.15) is 19.3 Å². The molecule has 0 aliphatic heterocycles. The summed E-state index contributed by atoms with van der Waals surface area (Å²) in [5, 5.41) is 0. The Morgan fingerprint density at radius 2 is 2.08 bits per heavy atom. The van der Waals surface area contributed by atoms with Crippen molar-refractivity contribution in [3.63, 3.8) is 0 Å². The van der Waals surface area contributed by atoms with Crippen LogP contribution in [0.3, 0.4) is 0 Å². The molecule has 12 heavy (non-hydrogen) atoms. The number of unbranched alkanes of at least 4 members (excludes halogenated alkanes) is 1. The van der Waals surface area contributed by atoms with Gasteiger partial charge in [-0.05, 0) is 33.5 Å². The van der Waals surface area contributed by atoms with E-state index in [-0.39, 0.29) is 5.97 Å². The molecule has 0 radical (unpaired) electrons. The van der Waals surface area contributed by atoms with Gasteiger partial charge in [-0.3, -0.25) is 4.79 Å². The molecule has 0 aliphatic carbocycles. The Bertz CT molecular complexity index is 128. The SMILES string of the molecule is CSOC(=O)CCCCN(C)C. The molecule has 0 atom stereocenters. The number of carbonyl (C=O) groups is 1. The third-order valence-electron chi connectivity index (χ3n) is 1.41. The van der Waals surface area contributed by atoms with Gasteiger partial charge in [0.25, 0.3) is 0 Å². The van der Waals surface area contributed by atoms with Crippen molar-refractivity contribution >= 4 is 18.0 Å². The van der Waals surface area contributed by atoms with E-state index in [4.69, 9.17) is 4.18 Å². The van der Waals surface area contributed by atoms with Crippen molar-refractivity contribution in [2.45, 2.75) is 19.3 Å². The Hall–Kier alpha value is -0.220. The Balaban J connectivity index is 3.14. The monoisotopic (exact) mass is 191 g/mol. The fraction of sp³-hybridized carbons (Fsp3) is 0.875. The predicted molar refractivity (Wildman–Crippen MR) is 52.0 cm³/mol. The summed E-state index contributed by atoms with van der Waals surface area (Å²) in [6, 6.07) is 0. The Morgan fingerprint density at radius 1 is 1.42 bits per heavy atom. The van der Waals surface area contributed by atoms with Gasteiger partial charge < -0.3 is 9.08 Å². The van der Waals surface area contributed by atoms with E-state index >= 15 is 0 Å². The molecule has 4 heteroatoms. The van der Waals surface area contributed by atoms with Crippen LogP contribution in [0.15, 0.2) is 0 Å². The fourth-order valence-electron chi connectivity index (χ4n) is 0.832. The van der Waals surface area contributed by atoms with Gasteiger partial charge in [0.05, 0.1) is 12.0 Å². The van der Waals surface area contributed by atoms with Crippen LogP contribution in [-0.4, -0.2) is 37.8 Å². The molecule has 0 bridgehead atoms. The summed E-state index contributed by atoms with van der Waals surface area (Å²) in [6.07, 6.45) is 4.25. The maximum absolute atomic E-state index is 10.8. The van der Waals surface area contributed by atoms with Gasteiger partial charge in [-0.15, -0.1) is 0 Å². The van der Waals surface area contributed by atoms with Crippen LogP contribution in [0.4, 0.5) is 0 Å². The van der Waals surface area contributed by atoms with Gasteiger partial charge in [-0.1, -0.05) is 0 Å². The van der Waals surface area contributed by atoms with Crippen molar-refractivity contribution in [1.82, 2.24) is 4.90 Å². The van der Waals surface area contributed by atoms with E-state index in [1.165, 1.54) is 0 Å². The topological polar surface area (TPSA) is 29.5 Å². The van der Waals surface area contributed by atoms with Crippen LogP contribution in [0, 0.1) is 0 Å². The average Bonchev–Trinajstić information content (AvgIpc) is 1.98. The fourth-order valence-corrected chi connectivity index (χ4v) is 1.10. The van der Waals surface area contributed by atoms with E-state index in [1.54, 1.807) is 6.26 Å². The average molecular weight is 191 g/mol. The normalized spacial score (nSPS) is 10.3. The Kier molecular flexibility index (Phi) is 7.29. The predicted octanol–water partition coefficient (Wildman–Crippen LogP) is 1.54. The number of hydrogen-bond donors (Lipinski definition) is 0. The largest absolute Gasteiger partial charge is 0.392 e. The summed E-state index contributed by atoms with van der Waals surface area (Å²) >= 11 is 1.11. The zero-order valence-electron chi connectivity index (χ0n) is 8.00. The lowest BCUT2D eigenvalue weighted by molar-refractivity contribution is -0.133. The molecule has 0 rings (SSSR count). The second kappa shape index (κ2) is 7.43. The van der Waals surface area contributed by atoms with E-state index < -0.39 is 0 Å². The molecule has 0 unspecified atom stereocenters. The van der Waals surface area contributed by atoms with E-state index in [2.05, 4.69) is 4.90 Å². The molecule has 0 saturated carbocycles. The molecule has 0 spiro atoms. The van der Waals surface area contributed by atoms with E-state index in [0.717, 1.165) is 31.4 Å². The van der Waals surface area contributed by atoms with Gasteiger partial charge in [-0.25, -0.2) is 0 Å². The third kappa shape index (κ3) is 7.88. The lowest BCUT2D eigenvalue weighted by Gasteiger charge is -2.07. The van der Waals surface area contributed by atoms with Crippen LogP contribution in [-0.2, 0) is 8.98 Å². The summed E-state index contributed by atoms with van der Waals surface area (Å²) in [7, 11) is 4.06. The maximum Gasteiger partial charge on any atom is 0.317 e. The van der Waals surface area contributed by atoms with Gasteiger partial charge in [0.15, 0.2) is 0 Å². The summed E-state index contributed by atoms with van der Waals surface area (Å²) in [6.45, 7) is 1.03. The number of carbonyl (C=O) groups excluding carboxylic acids is 1. The van der Waals surface area contributed by atoms with Crippen molar-refractivity contribution in [2.75, 3.05) is 26.9 Å². The van der Waals surface area contributed by atoms with Crippen LogP contribution in [0.25, 0.3) is 0 Å². The van der Waals surface area contributed by atoms with Crippen LogP contribution < -0.4 is 0 Å². The van der Waals surface area contributed by atoms with Gasteiger partial charge in [0, 0.05) is 12.7 Å². The first kappa shape index (κ1) is 11.8. The maximum atomic E-state index is 10.8. The first-order chi connectivity index (χ1) is 5.66. The molecule has 0 amide bonds. The molecular formula is C8H17NO2S. The minimum Gasteiger partial charge on any atom is -0.392 e.